The Morgan fingerprint density at radius 1 is 1.06 bits per heavy atom. The molecule has 1 N–H and O–H groups in total. The summed E-state index contributed by atoms with van der Waals surface area (Å²) < 4.78 is 1.48. The van der Waals surface area contributed by atoms with E-state index in [1.165, 1.54) is 34.9 Å². The number of rotatable bonds is 6. The second-order valence-electron chi connectivity index (χ2n) is 8.32. The standard InChI is InChI=1S/C26H25N5O2S/c1-18-12-13-27-23(16-18)31-25(33)21-6-2-3-7-22(21)29-26(31)34-17-24(32)28-19-8-10-20(11-9-19)30-14-4-5-15-30/h2-3,6-13,16H,4-5,14-15,17H2,1H3,(H,28,32). The van der Waals surface area contributed by atoms with Gasteiger partial charge in [-0.25, -0.2) is 14.5 Å². The lowest BCUT2D eigenvalue weighted by Crippen LogP contribution is -2.23. The molecule has 172 valence electrons. The Bertz CT molecular complexity index is 1390. The Labute approximate surface area is 201 Å². The Hall–Kier alpha value is -3.65. The van der Waals surface area contributed by atoms with Gasteiger partial charge >= 0.3 is 0 Å². The van der Waals surface area contributed by atoms with Crippen molar-refractivity contribution in [1.29, 1.82) is 0 Å². The maximum absolute atomic E-state index is 13.3. The molecule has 0 saturated carbocycles. The molecule has 4 aromatic rings. The highest BCUT2D eigenvalue weighted by atomic mass is 32.2. The summed E-state index contributed by atoms with van der Waals surface area (Å²) in [4.78, 5) is 37.4. The molecule has 1 saturated heterocycles. The van der Waals surface area contributed by atoms with Gasteiger partial charge in [-0.05, 0) is 73.9 Å². The van der Waals surface area contributed by atoms with Crippen molar-refractivity contribution >= 4 is 39.9 Å². The molecule has 0 spiro atoms. The minimum absolute atomic E-state index is 0.116. The van der Waals surface area contributed by atoms with Crippen LogP contribution >= 0.6 is 11.8 Å². The van der Waals surface area contributed by atoms with Gasteiger partial charge in [0.25, 0.3) is 5.56 Å². The first-order chi connectivity index (χ1) is 16.6. The average Bonchev–Trinajstić information content (AvgIpc) is 3.38. The summed E-state index contributed by atoms with van der Waals surface area (Å²) in [5, 5.41) is 3.88. The van der Waals surface area contributed by atoms with Gasteiger partial charge in [0, 0.05) is 30.7 Å². The third kappa shape index (κ3) is 4.68. The van der Waals surface area contributed by atoms with E-state index in [1.54, 1.807) is 18.3 Å². The zero-order chi connectivity index (χ0) is 23.5. The third-order valence-corrected chi connectivity index (χ3v) is 6.77. The van der Waals surface area contributed by atoms with E-state index in [0.29, 0.717) is 21.9 Å². The molecule has 0 radical (unpaired) electrons. The fraction of sp³-hybridized carbons (Fsp3) is 0.231. The number of pyridine rings is 1. The van der Waals surface area contributed by atoms with Crippen molar-refractivity contribution < 1.29 is 4.79 Å². The van der Waals surface area contributed by atoms with E-state index in [1.807, 2.05) is 55.5 Å². The van der Waals surface area contributed by atoms with Crippen LogP contribution in [0.25, 0.3) is 16.7 Å². The maximum Gasteiger partial charge on any atom is 0.267 e. The number of carbonyl (C=O) groups excluding carboxylic acids is 1. The van der Waals surface area contributed by atoms with Gasteiger partial charge in [0.15, 0.2) is 5.16 Å². The van der Waals surface area contributed by atoms with Crippen LogP contribution in [0.4, 0.5) is 11.4 Å². The summed E-state index contributed by atoms with van der Waals surface area (Å²) in [5.74, 6) is 0.443. The van der Waals surface area contributed by atoms with Crippen LogP contribution < -0.4 is 15.8 Å². The van der Waals surface area contributed by atoms with E-state index in [2.05, 4.69) is 20.2 Å². The lowest BCUT2D eigenvalue weighted by molar-refractivity contribution is -0.113. The predicted octanol–water partition coefficient (Wildman–Crippen LogP) is 4.42. The van der Waals surface area contributed by atoms with Crippen molar-refractivity contribution in [3.8, 4) is 5.82 Å². The summed E-state index contributed by atoms with van der Waals surface area (Å²) in [6.07, 6.45) is 4.11. The third-order valence-electron chi connectivity index (χ3n) is 5.83. The van der Waals surface area contributed by atoms with Crippen LogP contribution in [0.1, 0.15) is 18.4 Å². The van der Waals surface area contributed by atoms with Gasteiger partial charge in [0.1, 0.15) is 5.82 Å². The van der Waals surface area contributed by atoms with Crippen LogP contribution in [0, 0.1) is 6.92 Å². The van der Waals surface area contributed by atoms with Crippen molar-refractivity contribution in [3.05, 3.63) is 82.8 Å². The molecule has 2 aromatic carbocycles. The van der Waals surface area contributed by atoms with Gasteiger partial charge in [0.05, 0.1) is 16.7 Å². The quantitative estimate of drug-likeness (QED) is 0.331. The number of thioether (sulfide) groups is 1. The number of aromatic nitrogens is 3. The van der Waals surface area contributed by atoms with Crippen LogP contribution in [-0.4, -0.2) is 39.3 Å². The number of benzene rings is 2. The Balaban J connectivity index is 1.36. The van der Waals surface area contributed by atoms with Gasteiger partial charge in [0.2, 0.25) is 5.91 Å². The number of carbonyl (C=O) groups is 1. The van der Waals surface area contributed by atoms with Crippen molar-refractivity contribution in [2.75, 3.05) is 29.1 Å². The molecular weight excluding hydrogens is 446 g/mol. The molecule has 7 nitrogen and oxygen atoms in total. The van der Waals surface area contributed by atoms with Crippen molar-refractivity contribution in [2.45, 2.75) is 24.9 Å². The van der Waals surface area contributed by atoms with Gasteiger partial charge < -0.3 is 10.2 Å². The summed E-state index contributed by atoms with van der Waals surface area (Å²) in [7, 11) is 0. The van der Waals surface area contributed by atoms with Crippen LogP contribution in [0.5, 0.6) is 0 Å². The minimum Gasteiger partial charge on any atom is -0.372 e. The molecule has 0 bridgehead atoms. The number of nitrogens with one attached hydrogen (secondary N) is 1. The lowest BCUT2D eigenvalue weighted by atomic mass is 10.2. The van der Waals surface area contributed by atoms with Crippen molar-refractivity contribution in [3.63, 3.8) is 0 Å². The number of amides is 1. The molecule has 0 aliphatic carbocycles. The molecule has 1 amide bonds. The number of nitrogens with zero attached hydrogens (tertiary/aromatic N) is 4. The molecule has 0 unspecified atom stereocenters. The smallest absolute Gasteiger partial charge is 0.267 e. The molecule has 0 atom stereocenters. The van der Waals surface area contributed by atoms with Crippen LogP contribution in [-0.2, 0) is 4.79 Å². The average molecular weight is 472 g/mol. The van der Waals surface area contributed by atoms with Crippen LogP contribution in [0.15, 0.2) is 76.8 Å². The first-order valence-corrected chi connectivity index (χ1v) is 12.3. The molecule has 1 aliphatic rings. The maximum atomic E-state index is 13.3. The number of aryl methyl sites for hydroxylation is 1. The Kier molecular flexibility index (Phi) is 6.31. The SMILES string of the molecule is Cc1ccnc(-n2c(SCC(=O)Nc3ccc(N4CCCC4)cc3)nc3ccccc3c2=O)c1. The van der Waals surface area contributed by atoms with Gasteiger partial charge in [-0.1, -0.05) is 23.9 Å². The summed E-state index contributed by atoms with van der Waals surface area (Å²) in [6.45, 7) is 4.11. The second kappa shape index (κ2) is 9.69. The topological polar surface area (TPSA) is 80.1 Å². The van der Waals surface area contributed by atoms with E-state index < -0.39 is 0 Å². The second-order valence-corrected chi connectivity index (χ2v) is 9.26. The Morgan fingerprint density at radius 3 is 2.59 bits per heavy atom. The summed E-state index contributed by atoms with van der Waals surface area (Å²) in [5.41, 5.74) is 3.30. The number of hydrogen-bond acceptors (Lipinski definition) is 6. The zero-order valence-corrected chi connectivity index (χ0v) is 19.7. The van der Waals surface area contributed by atoms with E-state index in [4.69, 9.17) is 0 Å². The molecular formula is C26H25N5O2S. The minimum atomic E-state index is -0.205. The van der Waals surface area contributed by atoms with Crippen LogP contribution in [0.2, 0.25) is 0 Å². The molecule has 3 heterocycles. The predicted molar refractivity (Wildman–Crippen MR) is 137 cm³/mol. The van der Waals surface area contributed by atoms with Crippen molar-refractivity contribution in [2.24, 2.45) is 0 Å². The lowest BCUT2D eigenvalue weighted by Gasteiger charge is -2.17. The number of fused-ring (bicyclic) bond motifs is 1. The number of para-hydroxylation sites is 1. The van der Waals surface area contributed by atoms with Gasteiger partial charge in [-0.3, -0.25) is 9.59 Å². The van der Waals surface area contributed by atoms with Crippen molar-refractivity contribution in [1.82, 2.24) is 14.5 Å². The van der Waals surface area contributed by atoms with Gasteiger partial charge in [-0.2, -0.15) is 0 Å². The normalized spacial score (nSPS) is 13.4. The van der Waals surface area contributed by atoms with E-state index in [0.717, 1.165) is 24.3 Å². The highest BCUT2D eigenvalue weighted by Gasteiger charge is 2.16. The first-order valence-electron chi connectivity index (χ1n) is 11.3. The number of hydrogen-bond donors (Lipinski definition) is 1. The molecule has 34 heavy (non-hydrogen) atoms. The van der Waals surface area contributed by atoms with Crippen LogP contribution in [0.3, 0.4) is 0 Å². The summed E-state index contributed by atoms with van der Waals surface area (Å²) in [6, 6.07) is 18.9. The van der Waals surface area contributed by atoms with E-state index >= 15 is 0 Å². The fourth-order valence-corrected chi connectivity index (χ4v) is 4.91. The molecule has 2 aromatic heterocycles. The Morgan fingerprint density at radius 2 is 1.82 bits per heavy atom. The van der Waals surface area contributed by atoms with E-state index in [9.17, 15) is 9.59 Å². The first kappa shape index (κ1) is 22.2. The molecule has 8 heteroatoms. The summed E-state index contributed by atoms with van der Waals surface area (Å²) >= 11 is 1.22. The van der Waals surface area contributed by atoms with E-state index in [-0.39, 0.29) is 17.2 Å². The zero-order valence-electron chi connectivity index (χ0n) is 18.9. The highest BCUT2D eigenvalue weighted by molar-refractivity contribution is 7.99. The molecule has 1 aliphatic heterocycles. The number of anilines is 2. The van der Waals surface area contributed by atoms with Gasteiger partial charge in [-0.15, -0.1) is 0 Å². The fourth-order valence-electron chi connectivity index (χ4n) is 4.11. The largest absolute Gasteiger partial charge is 0.372 e. The monoisotopic (exact) mass is 471 g/mol. The molecule has 5 rings (SSSR count). The highest BCUT2D eigenvalue weighted by Crippen LogP contribution is 2.24. The molecule has 1 fully saturated rings.